The predicted molar refractivity (Wildman–Crippen MR) is 82.3 cm³/mol. The van der Waals surface area contributed by atoms with Crippen molar-refractivity contribution in [3.8, 4) is 0 Å². The molecule has 1 fully saturated rings. The Morgan fingerprint density at radius 2 is 2.19 bits per heavy atom. The predicted octanol–water partition coefficient (Wildman–Crippen LogP) is 3.19. The van der Waals surface area contributed by atoms with Crippen LogP contribution in [0.4, 0.5) is 4.79 Å². The van der Waals surface area contributed by atoms with Crippen LogP contribution in [0.25, 0.3) is 0 Å². The van der Waals surface area contributed by atoms with E-state index in [1.807, 2.05) is 38.2 Å². The molecule has 118 valence electrons. The van der Waals surface area contributed by atoms with Crippen LogP contribution in [0.1, 0.15) is 53.2 Å². The third kappa shape index (κ3) is 3.57. The molecule has 0 spiro atoms. The lowest BCUT2D eigenvalue weighted by Crippen LogP contribution is -2.37. The number of carbonyl (C=O) groups is 1. The van der Waals surface area contributed by atoms with Gasteiger partial charge >= 0.3 is 6.09 Å². The van der Waals surface area contributed by atoms with Crippen molar-refractivity contribution in [1.82, 2.24) is 14.5 Å². The first-order chi connectivity index (χ1) is 9.75. The normalized spacial score (nSPS) is 22.6. The Morgan fingerprint density at radius 3 is 2.81 bits per heavy atom. The summed E-state index contributed by atoms with van der Waals surface area (Å²) in [6.45, 7) is 12.5. The van der Waals surface area contributed by atoms with Gasteiger partial charge in [0, 0.05) is 36.9 Å². The van der Waals surface area contributed by atoms with Gasteiger partial charge < -0.3 is 14.2 Å². The second kappa shape index (κ2) is 5.70. The van der Waals surface area contributed by atoms with Gasteiger partial charge in [0.15, 0.2) is 0 Å². The van der Waals surface area contributed by atoms with Crippen LogP contribution in [0.2, 0.25) is 0 Å². The molecule has 1 unspecified atom stereocenters. The highest BCUT2D eigenvalue weighted by Gasteiger charge is 2.40. The SMILES string of the molecule is CCCn1cncc1C1(C)CCN(C(=O)OC(C)(C)C)C1. The lowest BCUT2D eigenvalue weighted by atomic mass is 9.86. The molecule has 21 heavy (non-hydrogen) atoms. The summed E-state index contributed by atoms with van der Waals surface area (Å²) in [5, 5.41) is 0. The Labute approximate surface area is 127 Å². The van der Waals surface area contributed by atoms with E-state index in [1.54, 1.807) is 0 Å². The summed E-state index contributed by atoms with van der Waals surface area (Å²) in [5.74, 6) is 0. The number of hydrogen-bond acceptors (Lipinski definition) is 3. The van der Waals surface area contributed by atoms with Gasteiger partial charge in [-0.15, -0.1) is 0 Å². The lowest BCUT2D eigenvalue weighted by molar-refractivity contribution is 0.0285. The summed E-state index contributed by atoms with van der Waals surface area (Å²) in [7, 11) is 0. The summed E-state index contributed by atoms with van der Waals surface area (Å²) in [6.07, 6.45) is 5.64. The average molecular weight is 293 g/mol. The second-order valence-corrected chi connectivity index (χ2v) is 7.18. The number of hydrogen-bond donors (Lipinski definition) is 0. The number of rotatable bonds is 3. The fourth-order valence-corrected chi connectivity index (χ4v) is 2.89. The molecule has 0 radical (unpaired) electrons. The minimum Gasteiger partial charge on any atom is -0.444 e. The maximum atomic E-state index is 12.2. The first kappa shape index (κ1) is 15.9. The molecular formula is C16H27N3O2. The molecule has 1 amide bonds. The van der Waals surface area contributed by atoms with Crippen molar-refractivity contribution in [2.24, 2.45) is 0 Å². The smallest absolute Gasteiger partial charge is 0.410 e. The highest BCUT2D eigenvalue weighted by molar-refractivity contribution is 5.68. The van der Waals surface area contributed by atoms with E-state index >= 15 is 0 Å². The lowest BCUT2D eigenvalue weighted by Gasteiger charge is -2.27. The van der Waals surface area contributed by atoms with E-state index in [0.717, 1.165) is 25.9 Å². The molecule has 1 aliphatic heterocycles. The van der Waals surface area contributed by atoms with Crippen LogP contribution in [0.15, 0.2) is 12.5 Å². The van der Waals surface area contributed by atoms with Gasteiger partial charge in [-0.3, -0.25) is 0 Å². The minimum absolute atomic E-state index is 0.0391. The Balaban J connectivity index is 2.09. The van der Waals surface area contributed by atoms with E-state index in [4.69, 9.17) is 4.74 Å². The van der Waals surface area contributed by atoms with Crippen molar-refractivity contribution >= 4 is 6.09 Å². The van der Waals surface area contributed by atoms with E-state index in [1.165, 1.54) is 5.69 Å². The molecule has 0 saturated carbocycles. The molecule has 2 heterocycles. The van der Waals surface area contributed by atoms with Crippen LogP contribution < -0.4 is 0 Å². The van der Waals surface area contributed by atoms with Gasteiger partial charge in [-0.1, -0.05) is 13.8 Å². The van der Waals surface area contributed by atoms with Crippen molar-refractivity contribution in [3.05, 3.63) is 18.2 Å². The van der Waals surface area contributed by atoms with Crippen LogP contribution >= 0.6 is 0 Å². The zero-order valence-corrected chi connectivity index (χ0v) is 13.8. The molecule has 1 aromatic heterocycles. The Morgan fingerprint density at radius 1 is 1.48 bits per heavy atom. The highest BCUT2D eigenvalue weighted by Crippen LogP contribution is 2.34. The van der Waals surface area contributed by atoms with Crippen LogP contribution in [0.5, 0.6) is 0 Å². The summed E-state index contributed by atoms with van der Waals surface area (Å²) >= 11 is 0. The van der Waals surface area contributed by atoms with Gasteiger partial charge in [0.25, 0.3) is 0 Å². The standard InChI is InChI=1S/C16H27N3O2/c1-6-8-19-12-17-10-13(19)16(5)7-9-18(11-16)14(20)21-15(2,3)4/h10,12H,6-9,11H2,1-5H3. The molecule has 5 heteroatoms. The molecule has 5 nitrogen and oxygen atoms in total. The Bertz CT molecular complexity index is 504. The molecule has 0 N–H and O–H groups in total. The number of ether oxygens (including phenoxy) is 1. The number of nitrogens with zero attached hydrogens (tertiary/aromatic N) is 3. The first-order valence-corrected chi connectivity index (χ1v) is 7.74. The number of aryl methyl sites for hydroxylation is 1. The van der Waals surface area contributed by atoms with Gasteiger partial charge in [0.05, 0.1) is 6.33 Å². The zero-order chi connectivity index (χ0) is 15.7. The van der Waals surface area contributed by atoms with Crippen molar-refractivity contribution in [2.45, 2.75) is 65.0 Å². The zero-order valence-electron chi connectivity index (χ0n) is 13.8. The minimum atomic E-state index is -0.444. The summed E-state index contributed by atoms with van der Waals surface area (Å²) in [4.78, 5) is 18.3. The van der Waals surface area contributed by atoms with Crippen LogP contribution in [0.3, 0.4) is 0 Å². The van der Waals surface area contributed by atoms with Crippen molar-refractivity contribution in [1.29, 1.82) is 0 Å². The summed E-state index contributed by atoms with van der Waals surface area (Å²) < 4.78 is 7.68. The molecule has 1 atom stereocenters. The van der Waals surface area contributed by atoms with E-state index in [0.29, 0.717) is 6.54 Å². The van der Waals surface area contributed by atoms with Crippen molar-refractivity contribution in [2.75, 3.05) is 13.1 Å². The Kier molecular flexibility index (Phi) is 4.30. The van der Waals surface area contributed by atoms with Crippen LogP contribution in [-0.2, 0) is 16.7 Å². The molecule has 0 aromatic carbocycles. The van der Waals surface area contributed by atoms with Gasteiger partial charge in [-0.05, 0) is 33.6 Å². The molecule has 1 saturated heterocycles. The molecule has 0 aliphatic carbocycles. The van der Waals surface area contributed by atoms with E-state index < -0.39 is 5.60 Å². The first-order valence-electron chi connectivity index (χ1n) is 7.74. The van der Waals surface area contributed by atoms with Gasteiger partial charge in [-0.2, -0.15) is 0 Å². The molecule has 1 aromatic rings. The molecule has 0 bridgehead atoms. The second-order valence-electron chi connectivity index (χ2n) is 7.18. The van der Waals surface area contributed by atoms with E-state index in [9.17, 15) is 4.79 Å². The van der Waals surface area contributed by atoms with E-state index in [2.05, 4.69) is 23.4 Å². The topological polar surface area (TPSA) is 47.4 Å². The van der Waals surface area contributed by atoms with E-state index in [-0.39, 0.29) is 11.5 Å². The molecular weight excluding hydrogens is 266 g/mol. The highest BCUT2D eigenvalue weighted by atomic mass is 16.6. The third-order valence-electron chi connectivity index (χ3n) is 3.92. The summed E-state index contributed by atoms with van der Waals surface area (Å²) in [5.41, 5.74) is 0.734. The molecule has 2 rings (SSSR count). The number of amides is 1. The van der Waals surface area contributed by atoms with Gasteiger partial charge in [-0.25, -0.2) is 9.78 Å². The van der Waals surface area contributed by atoms with Crippen LogP contribution in [-0.4, -0.2) is 39.2 Å². The Hall–Kier alpha value is -1.52. The number of imidazole rings is 1. The van der Waals surface area contributed by atoms with Gasteiger partial charge in [0.1, 0.15) is 5.60 Å². The average Bonchev–Trinajstić information content (AvgIpc) is 2.95. The largest absolute Gasteiger partial charge is 0.444 e. The quantitative estimate of drug-likeness (QED) is 0.860. The molecule has 1 aliphatic rings. The fourth-order valence-electron chi connectivity index (χ4n) is 2.89. The van der Waals surface area contributed by atoms with Crippen molar-refractivity contribution in [3.63, 3.8) is 0 Å². The monoisotopic (exact) mass is 293 g/mol. The third-order valence-corrected chi connectivity index (χ3v) is 3.92. The van der Waals surface area contributed by atoms with Crippen LogP contribution in [0, 0.1) is 0 Å². The van der Waals surface area contributed by atoms with Gasteiger partial charge in [0.2, 0.25) is 0 Å². The number of carbonyl (C=O) groups excluding carboxylic acids is 1. The summed E-state index contributed by atoms with van der Waals surface area (Å²) in [6, 6.07) is 0. The van der Waals surface area contributed by atoms with Crippen molar-refractivity contribution < 1.29 is 9.53 Å². The fraction of sp³-hybridized carbons (Fsp3) is 0.750. The maximum absolute atomic E-state index is 12.2. The number of aromatic nitrogens is 2. The number of likely N-dealkylation sites (tertiary alicyclic amines) is 1. The maximum Gasteiger partial charge on any atom is 0.410 e.